The molecule has 0 aliphatic heterocycles. The Hall–Kier alpha value is -1.06. The average molecular weight is 365 g/mol. The Labute approximate surface area is 157 Å². The second-order valence-corrected chi connectivity index (χ2v) is 9.75. The molecule has 0 bridgehead atoms. The van der Waals surface area contributed by atoms with Gasteiger partial charge in [0.1, 0.15) is 0 Å². The Morgan fingerprint density at radius 2 is 1.85 bits per heavy atom. The van der Waals surface area contributed by atoms with Crippen LogP contribution in [0.4, 0.5) is 0 Å². The molecule has 0 spiro atoms. The maximum atomic E-state index is 12.3. The van der Waals surface area contributed by atoms with E-state index in [0.717, 1.165) is 38.5 Å². The van der Waals surface area contributed by atoms with Crippen LogP contribution in [0.2, 0.25) is 0 Å². The lowest BCUT2D eigenvalue weighted by Gasteiger charge is -2.53. The Bertz CT molecular complexity index is 530. The molecule has 3 fully saturated rings. The zero-order valence-electron chi connectivity index (χ0n) is 16.5. The van der Waals surface area contributed by atoms with E-state index >= 15 is 0 Å². The highest BCUT2D eigenvalue weighted by Gasteiger charge is 2.54. The van der Waals surface area contributed by atoms with E-state index < -0.39 is 11.9 Å². The summed E-state index contributed by atoms with van der Waals surface area (Å²) in [7, 11) is 0. The minimum Gasteiger partial charge on any atom is -0.481 e. The highest BCUT2D eigenvalue weighted by Crippen LogP contribution is 2.59. The normalized spacial score (nSPS) is 41.4. The van der Waals surface area contributed by atoms with Gasteiger partial charge in [-0.25, -0.2) is 0 Å². The molecule has 0 saturated heterocycles. The average Bonchev–Trinajstić information content (AvgIpc) is 3.07. The lowest BCUT2D eigenvalue weighted by Crippen LogP contribution is -2.50. The first kappa shape index (κ1) is 19.7. The summed E-state index contributed by atoms with van der Waals surface area (Å²) in [4.78, 5) is 23.2. The molecule has 3 saturated carbocycles. The second kappa shape index (κ2) is 7.90. The number of hydrogen-bond donors (Lipinski definition) is 2. The van der Waals surface area contributed by atoms with Crippen LogP contribution in [0.5, 0.6) is 0 Å². The van der Waals surface area contributed by atoms with Crippen molar-refractivity contribution in [2.45, 2.75) is 84.5 Å². The number of aliphatic carboxylic acids is 2. The molecule has 3 aliphatic rings. The van der Waals surface area contributed by atoms with Gasteiger partial charge in [-0.05, 0) is 86.4 Å². The van der Waals surface area contributed by atoms with Gasteiger partial charge in [-0.15, -0.1) is 0 Å². The van der Waals surface area contributed by atoms with Crippen molar-refractivity contribution < 1.29 is 19.8 Å². The molecule has 0 aromatic heterocycles. The van der Waals surface area contributed by atoms with Crippen molar-refractivity contribution in [1.82, 2.24) is 0 Å². The third-order valence-corrected chi connectivity index (χ3v) is 8.44. The first-order chi connectivity index (χ1) is 12.3. The SMILES string of the molecule is CC(CCC(=O)O)C1CCC(C2CCC3CCCCC3(C)C2C(=O)O)C1. The van der Waals surface area contributed by atoms with Gasteiger partial charge in [0.05, 0.1) is 5.92 Å². The van der Waals surface area contributed by atoms with E-state index in [1.807, 2.05) is 0 Å². The summed E-state index contributed by atoms with van der Waals surface area (Å²) in [5.41, 5.74) is -0.0139. The molecule has 3 aliphatic carbocycles. The van der Waals surface area contributed by atoms with Crippen molar-refractivity contribution in [2.75, 3.05) is 0 Å². The predicted molar refractivity (Wildman–Crippen MR) is 101 cm³/mol. The molecular weight excluding hydrogens is 328 g/mol. The Morgan fingerprint density at radius 3 is 2.54 bits per heavy atom. The summed E-state index contributed by atoms with van der Waals surface area (Å²) in [5, 5.41) is 19.1. The van der Waals surface area contributed by atoms with Gasteiger partial charge in [-0.1, -0.05) is 26.7 Å². The van der Waals surface area contributed by atoms with E-state index in [0.29, 0.717) is 29.6 Å². The fourth-order valence-corrected chi connectivity index (χ4v) is 6.88. The van der Waals surface area contributed by atoms with Crippen LogP contribution in [-0.2, 0) is 9.59 Å². The van der Waals surface area contributed by atoms with E-state index in [1.165, 1.54) is 25.7 Å². The molecule has 0 aromatic carbocycles. The topological polar surface area (TPSA) is 74.6 Å². The van der Waals surface area contributed by atoms with Gasteiger partial charge < -0.3 is 10.2 Å². The molecule has 0 heterocycles. The fourth-order valence-electron chi connectivity index (χ4n) is 6.88. The summed E-state index contributed by atoms with van der Waals surface area (Å²) < 4.78 is 0. The Balaban J connectivity index is 1.68. The van der Waals surface area contributed by atoms with Crippen LogP contribution < -0.4 is 0 Å². The van der Waals surface area contributed by atoms with E-state index in [2.05, 4.69) is 13.8 Å². The number of rotatable bonds is 6. The molecule has 148 valence electrons. The summed E-state index contributed by atoms with van der Waals surface area (Å²) in [6, 6.07) is 0. The Kier molecular flexibility index (Phi) is 5.98. The minimum absolute atomic E-state index is 0.0139. The van der Waals surface area contributed by atoms with Crippen molar-refractivity contribution in [3.8, 4) is 0 Å². The summed E-state index contributed by atoms with van der Waals surface area (Å²) in [6.45, 7) is 4.45. The highest BCUT2D eigenvalue weighted by atomic mass is 16.4. The summed E-state index contributed by atoms with van der Waals surface area (Å²) >= 11 is 0. The van der Waals surface area contributed by atoms with Crippen LogP contribution in [-0.4, -0.2) is 22.2 Å². The standard InChI is InChI=1S/C22H36O4/c1-14(6-11-19(23)24)15-7-8-16(13-15)18-10-9-17-5-3-4-12-22(17,2)20(18)21(25)26/h14-18,20H,3-13H2,1-2H3,(H,23,24)(H,25,26). The van der Waals surface area contributed by atoms with Crippen LogP contribution >= 0.6 is 0 Å². The maximum Gasteiger partial charge on any atom is 0.307 e. The molecule has 7 unspecified atom stereocenters. The van der Waals surface area contributed by atoms with Gasteiger partial charge in [0.15, 0.2) is 0 Å². The molecule has 0 amide bonds. The summed E-state index contributed by atoms with van der Waals surface area (Å²) in [5.74, 6) is 0.996. The van der Waals surface area contributed by atoms with Crippen LogP contribution in [0.3, 0.4) is 0 Å². The molecule has 26 heavy (non-hydrogen) atoms. The van der Waals surface area contributed by atoms with Gasteiger partial charge in [0.2, 0.25) is 0 Å². The third-order valence-electron chi connectivity index (χ3n) is 8.44. The molecular formula is C22H36O4. The van der Waals surface area contributed by atoms with Crippen LogP contribution in [0.25, 0.3) is 0 Å². The van der Waals surface area contributed by atoms with Gasteiger partial charge in [0, 0.05) is 6.42 Å². The first-order valence-electron chi connectivity index (χ1n) is 10.8. The number of hydrogen-bond acceptors (Lipinski definition) is 2. The minimum atomic E-state index is -0.708. The first-order valence-corrected chi connectivity index (χ1v) is 10.8. The second-order valence-electron chi connectivity index (χ2n) is 9.75. The Morgan fingerprint density at radius 1 is 1.08 bits per heavy atom. The van der Waals surface area contributed by atoms with Crippen molar-refractivity contribution in [3.63, 3.8) is 0 Å². The fraction of sp³-hybridized carbons (Fsp3) is 0.909. The largest absolute Gasteiger partial charge is 0.481 e. The van der Waals surface area contributed by atoms with E-state index in [-0.39, 0.29) is 17.8 Å². The van der Waals surface area contributed by atoms with E-state index in [1.54, 1.807) is 0 Å². The smallest absolute Gasteiger partial charge is 0.307 e. The maximum absolute atomic E-state index is 12.3. The highest BCUT2D eigenvalue weighted by molar-refractivity contribution is 5.72. The zero-order valence-corrected chi connectivity index (χ0v) is 16.5. The van der Waals surface area contributed by atoms with E-state index in [4.69, 9.17) is 5.11 Å². The number of fused-ring (bicyclic) bond motifs is 1. The van der Waals surface area contributed by atoms with Crippen molar-refractivity contribution >= 4 is 11.9 Å². The monoisotopic (exact) mass is 364 g/mol. The quantitative estimate of drug-likeness (QED) is 0.678. The number of carboxylic acid groups (broad SMARTS) is 2. The van der Waals surface area contributed by atoms with Crippen molar-refractivity contribution in [2.24, 2.45) is 40.9 Å². The van der Waals surface area contributed by atoms with Gasteiger partial charge in [-0.2, -0.15) is 0 Å². The summed E-state index contributed by atoms with van der Waals surface area (Å²) in [6.07, 6.45) is 11.4. The molecule has 0 aromatic rings. The predicted octanol–water partition coefficient (Wildman–Crippen LogP) is 5.21. The lowest BCUT2D eigenvalue weighted by atomic mass is 9.50. The molecule has 4 nitrogen and oxygen atoms in total. The lowest BCUT2D eigenvalue weighted by molar-refractivity contribution is -0.160. The van der Waals surface area contributed by atoms with Gasteiger partial charge in [-0.3, -0.25) is 9.59 Å². The number of carbonyl (C=O) groups is 2. The molecule has 4 heteroatoms. The van der Waals surface area contributed by atoms with Crippen LogP contribution in [0.1, 0.15) is 84.5 Å². The van der Waals surface area contributed by atoms with Gasteiger partial charge >= 0.3 is 11.9 Å². The zero-order chi connectivity index (χ0) is 18.9. The van der Waals surface area contributed by atoms with E-state index in [9.17, 15) is 14.7 Å². The van der Waals surface area contributed by atoms with Gasteiger partial charge in [0.25, 0.3) is 0 Å². The molecule has 7 atom stereocenters. The molecule has 0 radical (unpaired) electrons. The third kappa shape index (κ3) is 3.80. The molecule has 3 rings (SSSR count). The van der Waals surface area contributed by atoms with Crippen molar-refractivity contribution in [1.29, 1.82) is 0 Å². The molecule has 2 N–H and O–H groups in total. The number of carboxylic acids is 2. The van der Waals surface area contributed by atoms with Crippen LogP contribution in [0.15, 0.2) is 0 Å². The van der Waals surface area contributed by atoms with Crippen LogP contribution in [0, 0.1) is 40.9 Å². The van der Waals surface area contributed by atoms with Crippen molar-refractivity contribution in [3.05, 3.63) is 0 Å².